The molecule has 0 bridgehead atoms. The zero-order chi connectivity index (χ0) is 15.5. The molecule has 1 atom stereocenters. The third kappa shape index (κ3) is 4.32. The van der Waals surface area contributed by atoms with Gasteiger partial charge in [-0.3, -0.25) is 0 Å². The quantitative estimate of drug-likeness (QED) is 0.848. The lowest BCUT2D eigenvalue weighted by atomic mass is 9.95. The Bertz CT molecular complexity index is 583. The molecule has 114 valence electrons. The topological polar surface area (TPSA) is 21.3 Å². The molecule has 0 unspecified atom stereocenters. The van der Waals surface area contributed by atoms with Crippen molar-refractivity contribution in [3.05, 3.63) is 51.7 Å². The molecule has 1 aromatic heterocycles. The normalized spacial score (nSPS) is 13.2. The Balaban J connectivity index is 1.97. The van der Waals surface area contributed by atoms with E-state index in [4.69, 9.17) is 4.74 Å². The lowest BCUT2D eigenvalue weighted by molar-refractivity contribution is 0.413. The fourth-order valence-corrected chi connectivity index (χ4v) is 3.17. The van der Waals surface area contributed by atoms with Crippen molar-refractivity contribution >= 4 is 11.3 Å². The first-order valence-electron chi connectivity index (χ1n) is 7.36. The number of hydrogen-bond donors (Lipinski definition) is 1. The molecule has 0 aliphatic carbocycles. The highest BCUT2D eigenvalue weighted by atomic mass is 32.1. The highest BCUT2D eigenvalue weighted by Crippen LogP contribution is 2.29. The van der Waals surface area contributed by atoms with E-state index in [2.05, 4.69) is 57.3 Å². The largest absolute Gasteiger partial charge is 0.497 e. The van der Waals surface area contributed by atoms with Crippen LogP contribution in [0.1, 0.15) is 49.1 Å². The molecule has 2 aromatic rings. The molecule has 1 N–H and O–H groups in total. The van der Waals surface area contributed by atoms with Gasteiger partial charge in [0.05, 0.1) is 7.11 Å². The van der Waals surface area contributed by atoms with E-state index in [1.807, 2.05) is 23.5 Å². The Labute approximate surface area is 132 Å². The van der Waals surface area contributed by atoms with Gasteiger partial charge in [-0.1, -0.05) is 32.9 Å². The maximum absolute atomic E-state index is 5.28. The maximum Gasteiger partial charge on any atom is 0.119 e. The Morgan fingerprint density at radius 2 is 1.95 bits per heavy atom. The van der Waals surface area contributed by atoms with Gasteiger partial charge in [-0.15, -0.1) is 11.3 Å². The molecule has 1 heterocycles. The molecular formula is C18H25NOS. The van der Waals surface area contributed by atoms with Crippen molar-refractivity contribution in [1.82, 2.24) is 5.32 Å². The number of ether oxygens (including phenoxy) is 1. The van der Waals surface area contributed by atoms with Gasteiger partial charge in [-0.05, 0) is 42.2 Å². The second-order valence-corrected chi connectivity index (χ2v) is 7.56. The van der Waals surface area contributed by atoms with Crippen LogP contribution < -0.4 is 10.1 Å². The van der Waals surface area contributed by atoms with Gasteiger partial charge in [0.1, 0.15) is 5.75 Å². The van der Waals surface area contributed by atoms with Gasteiger partial charge in [-0.2, -0.15) is 0 Å². The SMILES string of the molecule is COc1cccc([C@@H](C)NCc2ccc(C(C)(C)C)s2)c1. The predicted molar refractivity (Wildman–Crippen MR) is 91.3 cm³/mol. The van der Waals surface area contributed by atoms with Crippen LogP contribution in [-0.2, 0) is 12.0 Å². The standard InChI is InChI=1S/C18H25NOS/c1-13(14-7-6-8-15(11-14)20-5)19-12-16-9-10-17(21-16)18(2,3)4/h6-11,13,19H,12H2,1-5H3/t13-/m1/s1. The molecule has 3 heteroatoms. The van der Waals surface area contributed by atoms with Crippen molar-refractivity contribution in [2.24, 2.45) is 0 Å². The Kier molecular flexibility index (Phi) is 5.07. The third-order valence-electron chi connectivity index (χ3n) is 3.58. The lowest BCUT2D eigenvalue weighted by Gasteiger charge is -2.16. The summed E-state index contributed by atoms with van der Waals surface area (Å²) in [5, 5.41) is 3.59. The zero-order valence-electron chi connectivity index (χ0n) is 13.6. The van der Waals surface area contributed by atoms with Crippen LogP contribution in [0.15, 0.2) is 36.4 Å². The van der Waals surface area contributed by atoms with E-state index in [1.165, 1.54) is 15.3 Å². The van der Waals surface area contributed by atoms with Gasteiger partial charge in [-0.25, -0.2) is 0 Å². The van der Waals surface area contributed by atoms with E-state index in [0.29, 0.717) is 6.04 Å². The highest BCUT2D eigenvalue weighted by molar-refractivity contribution is 7.12. The molecule has 0 aliphatic rings. The summed E-state index contributed by atoms with van der Waals surface area (Å²) in [6, 6.07) is 13.0. The molecule has 0 fully saturated rings. The molecule has 0 amide bonds. The number of nitrogens with one attached hydrogen (secondary N) is 1. The first kappa shape index (κ1) is 16.1. The maximum atomic E-state index is 5.28. The zero-order valence-corrected chi connectivity index (χ0v) is 14.4. The summed E-state index contributed by atoms with van der Waals surface area (Å²) >= 11 is 1.90. The molecule has 1 aromatic carbocycles. The third-order valence-corrected chi connectivity index (χ3v) is 5.09. The minimum atomic E-state index is 0.237. The average molecular weight is 303 g/mol. The van der Waals surface area contributed by atoms with Crippen molar-refractivity contribution in [2.75, 3.05) is 7.11 Å². The second-order valence-electron chi connectivity index (χ2n) is 6.40. The Morgan fingerprint density at radius 3 is 2.57 bits per heavy atom. The van der Waals surface area contributed by atoms with Crippen LogP contribution in [0.4, 0.5) is 0 Å². The van der Waals surface area contributed by atoms with Crippen molar-refractivity contribution in [3.8, 4) is 5.75 Å². The molecule has 0 saturated carbocycles. The van der Waals surface area contributed by atoms with Gasteiger partial charge >= 0.3 is 0 Å². The molecule has 21 heavy (non-hydrogen) atoms. The van der Waals surface area contributed by atoms with Crippen molar-refractivity contribution in [1.29, 1.82) is 0 Å². The number of hydrogen-bond acceptors (Lipinski definition) is 3. The van der Waals surface area contributed by atoms with E-state index in [0.717, 1.165) is 12.3 Å². The van der Waals surface area contributed by atoms with Crippen molar-refractivity contribution in [2.45, 2.75) is 45.7 Å². The summed E-state index contributed by atoms with van der Waals surface area (Å²) in [6.07, 6.45) is 0. The van der Waals surface area contributed by atoms with Crippen LogP contribution in [0, 0.1) is 0 Å². The van der Waals surface area contributed by atoms with Gasteiger partial charge < -0.3 is 10.1 Å². The summed E-state index contributed by atoms with van der Waals surface area (Å²) in [6.45, 7) is 9.87. The van der Waals surface area contributed by atoms with Crippen LogP contribution in [0.5, 0.6) is 5.75 Å². The minimum absolute atomic E-state index is 0.237. The van der Waals surface area contributed by atoms with Crippen LogP contribution in [0.2, 0.25) is 0 Å². The fraction of sp³-hybridized carbons (Fsp3) is 0.444. The van der Waals surface area contributed by atoms with Crippen LogP contribution >= 0.6 is 11.3 Å². The summed E-state index contributed by atoms with van der Waals surface area (Å²) in [7, 11) is 1.71. The molecule has 0 saturated heterocycles. The van der Waals surface area contributed by atoms with E-state index in [9.17, 15) is 0 Å². The molecular weight excluding hydrogens is 278 g/mol. The van der Waals surface area contributed by atoms with Crippen molar-refractivity contribution in [3.63, 3.8) is 0 Å². The highest BCUT2D eigenvalue weighted by Gasteiger charge is 2.16. The molecule has 0 aliphatic heterocycles. The number of rotatable bonds is 5. The molecule has 0 spiro atoms. The average Bonchev–Trinajstić information content (AvgIpc) is 2.94. The van der Waals surface area contributed by atoms with Gasteiger partial charge in [0, 0.05) is 22.3 Å². The predicted octanol–water partition coefficient (Wildman–Crippen LogP) is 4.91. The number of thiophene rings is 1. The van der Waals surface area contributed by atoms with E-state index < -0.39 is 0 Å². The molecule has 2 rings (SSSR count). The number of benzene rings is 1. The van der Waals surface area contributed by atoms with E-state index in [1.54, 1.807) is 7.11 Å². The smallest absolute Gasteiger partial charge is 0.119 e. The Hall–Kier alpha value is -1.32. The second kappa shape index (κ2) is 6.63. The van der Waals surface area contributed by atoms with Gasteiger partial charge in [0.2, 0.25) is 0 Å². The lowest BCUT2D eigenvalue weighted by Crippen LogP contribution is -2.17. The summed E-state index contributed by atoms with van der Waals surface area (Å²) in [5.41, 5.74) is 1.49. The molecule has 2 nitrogen and oxygen atoms in total. The monoisotopic (exact) mass is 303 g/mol. The molecule has 0 radical (unpaired) electrons. The Morgan fingerprint density at radius 1 is 1.19 bits per heavy atom. The summed E-state index contributed by atoms with van der Waals surface area (Å²) in [5.74, 6) is 0.910. The van der Waals surface area contributed by atoms with Crippen LogP contribution in [-0.4, -0.2) is 7.11 Å². The number of methoxy groups -OCH3 is 1. The summed E-state index contributed by atoms with van der Waals surface area (Å²) in [4.78, 5) is 2.82. The van der Waals surface area contributed by atoms with E-state index in [-0.39, 0.29) is 5.41 Å². The van der Waals surface area contributed by atoms with Crippen LogP contribution in [0.3, 0.4) is 0 Å². The fourth-order valence-electron chi connectivity index (χ4n) is 2.16. The van der Waals surface area contributed by atoms with Gasteiger partial charge in [0.15, 0.2) is 0 Å². The van der Waals surface area contributed by atoms with Crippen molar-refractivity contribution < 1.29 is 4.74 Å². The van der Waals surface area contributed by atoms with E-state index >= 15 is 0 Å². The van der Waals surface area contributed by atoms with Gasteiger partial charge in [0.25, 0.3) is 0 Å². The first-order valence-corrected chi connectivity index (χ1v) is 8.18. The van der Waals surface area contributed by atoms with Crippen LogP contribution in [0.25, 0.3) is 0 Å². The minimum Gasteiger partial charge on any atom is -0.497 e. The first-order chi connectivity index (χ1) is 9.90. The summed E-state index contributed by atoms with van der Waals surface area (Å²) < 4.78 is 5.28.